The number of nitrogens with zero attached hydrogens (tertiary/aromatic N) is 1. The molecule has 1 heterocycles. The van der Waals surface area contributed by atoms with Crippen LogP contribution in [0.3, 0.4) is 0 Å². The minimum Gasteiger partial charge on any atom is -0.377 e. The molecule has 1 aromatic rings. The lowest BCUT2D eigenvalue weighted by atomic mass is 10.1. The van der Waals surface area contributed by atoms with Crippen molar-refractivity contribution in [1.29, 1.82) is 0 Å². The summed E-state index contributed by atoms with van der Waals surface area (Å²) in [6, 6.07) is 4.04. The first-order chi connectivity index (χ1) is 9.33. The van der Waals surface area contributed by atoms with Crippen LogP contribution in [0.5, 0.6) is 0 Å². The van der Waals surface area contributed by atoms with Gasteiger partial charge in [-0.3, -0.25) is 4.98 Å². The molecule has 1 aromatic heterocycles. The van der Waals surface area contributed by atoms with E-state index in [1.165, 1.54) is 37.7 Å². The molecule has 0 saturated carbocycles. The molecule has 3 heteroatoms. The van der Waals surface area contributed by atoms with Gasteiger partial charge in [0.25, 0.3) is 0 Å². The van der Waals surface area contributed by atoms with E-state index in [2.05, 4.69) is 30.2 Å². The van der Waals surface area contributed by atoms with Crippen molar-refractivity contribution in [3.63, 3.8) is 0 Å². The van der Waals surface area contributed by atoms with Gasteiger partial charge in [-0.2, -0.15) is 0 Å². The summed E-state index contributed by atoms with van der Waals surface area (Å²) in [5.41, 5.74) is 1.22. The number of ether oxygens (including phenoxy) is 1. The molecule has 0 radical (unpaired) electrons. The van der Waals surface area contributed by atoms with Gasteiger partial charge in [-0.05, 0) is 25.0 Å². The van der Waals surface area contributed by atoms with Crippen LogP contribution in [-0.4, -0.2) is 24.2 Å². The number of unbranched alkanes of at least 4 members (excludes halogenated alkanes) is 3. The smallest absolute Gasteiger partial charge is 0.0594 e. The third-order valence-corrected chi connectivity index (χ3v) is 3.20. The van der Waals surface area contributed by atoms with Gasteiger partial charge in [0, 0.05) is 25.5 Å². The van der Waals surface area contributed by atoms with Gasteiger partial charge in [-0.15, -0.1) is 0 Å². The molecular weight excluding hydrogens is 236 g/mol. The molecule has 1 N–H and O–H groups in total. The van der Waals surface area contributed by atoms with Crippen molar-refractivity contribution in [2.24, 2.45) is 0 Å². The van der Waals surface area contributed by atoms with Crippen molar-refractivity contribution < 1.29 is 4.74 Å². The van der Waals surface area contributed by atoms with Crippen LogP contribution >= 0.6 is 0 Å². The maximum Gasteiger partial charge on any atom is 0.0594 e. The Morgan fingerprint density at radius 3 is 2.95 bits per heavy atom. The Balaban J connectivity index is 1.92. The quantitative estimate of drug-likeness (QED) is 0.621. The van der Waals surface area contributed by atoms with Crippen LogP contribution < -0.4 is 5.32 Å². The van der Waals surface area contributed by atoms with E-state index in [0.29, 0.717) is 6.10 Å². The van der Waals surface area contributed by atoms with Crippen molar-refractivity contribution in [3.8, 4) is 0 Å². The van der Waals surface area contributed by atoms with Gasteiger partial charge in [0.2, 0.25) is 0 Å². The van der Waals surface area contributed by atoms with Crippen LogP contribution in [0.15, 0.2) is 24.5 Å². The number of aromatic nitrogens is 1. The second kappa shape index (κ2) is 10.9. The Morgan fingerprint density at radius 2 is 2.21 bits per heavy atom. The molecule has 0 amide bonds. The van der Waals surface area contributed by atoms with Crippen LogP contribution in [0.25, 0.3) is 0 Å². The van der Waals surface area contributed by atoms with Crippen molar-refractivity contribution in [2.45, 2.75) is 58.6 Å². The Hall–Kier alpha value is -0.930. The molecule has 108 valence electrons. The zero-order chi connectivity index (χ0) is 13.8. The van der Waals surface area contributed by atoms with Gasteiger partial charge in [0.15, 0.2) is 0 Å². The molecule has 0 aromatic carbocycles. The molecule has 3 nitrogen and oxygen atoms in total. The highest BCUT2D eigenvalue weighted by atomic mass is 16.5. The average Bonchev–Trinajstić information content (AvgIpc) is 2.44. The van der Waals surface area contributed by atoms with E-state index < -0.39 is 0 Å². The summed E-state index contributed by atoms with van der Waals surface area (Å²) < 4.78 is 5.78. The van der Waals surface area contributed by atoms with Crippen molar-refractivity contribution in [2.75, 3.05) is 13.2 Å². The normalized spacial score (nSPS) is 12.5. The van der Waals surface area contributed by atoms with Gasteiger partial charge in [0.05, 0.1) is 12.7 Å². The van der Waals surface area contributed by atoms with Gasteiger partial charge in [0.1, 0.15) is 0 Å². The largest absolute Gasteiger partial charge is 0.377 e. The third kappa shape index (κ3) is 8.73. The highest BCUT2D eigenvalue weighted by Crippen LogP contribution is 2.07. The maximum absolute atomic E-state index is 5.78. The van der Waals surface area contributed by atoms with Crippen molar-refractivity contribution >= 4 is 0 Å². The molecule has 0 bridgehead atoms. The van der Waals surface area contributed by atoms with Crippen LogP contribution in [0.4, 0.5) is 0 Å². The van der Waals surface area contributed by atoms with E-state index in [4.69, 9.17) is 4.74 Å². The standard InChI is InChI=1S/C16H28N2O/c1-3-4-5-6-8-15(2)19-12-11-18-14-16-9-7-10-17-13-16/h7,9-10,13,15,18H,3-6,8,11-12,14H2,1-2H3. The first-order valence-electron chi connectivity index (χ1n) is 7.54. The van der Waals surface area contributed by atoms with Crippen molar-refractivity contribution in [3.05, 3.63) is 30.1 Å². The Bertz CT molecular complexity index is 303. The minimum absolute atomic E-state index is 0.386. The highest BCUT2D eigenvalue weighted by Gasteiger charge is 2.01. The highest BCUT2D eigenvalue weighted by molar-refractivity contribution is 5.07. The number of pyridine rings is 1. The van der Waals surface area contributed by atoms with Crippen molar-refractivity contribution in [1.82, 2.24) is 10.3 Å². The van der Waals surface area contributed by atoms with E-state index in [1.807, 2.05) is 12.3 Å². The summed E-state index contributed by atoms with van der Waals surface area (Å²) in [6.07, 6.45) is 10.5. The van der Waals surface area contributed by atoms with E-state index in [1.54, 1.807) is 6.20 Å². The second-order valence-corrected chi connectivity index (χ2v) is 5.07. The topological polar surface area (TPSA) is 34.1 Å². The third-order valence-electron chi connectivity index (χ3n) is 3.20. The molecule has 0 aliphatic carbocycles. The fourth-order valence-electron chi connectivity index (χ4n) is 2.01. The molecule has 0 fully saturated rings. The van der Waals surface area contributed by atoms with Crippen LogP contribution in [0.2, 0.25) is 0 Å². The molecule has 0 saturated heterocycles. The fourth-order valence-corrected chi connectivity index (χ4v) is 2.01. The second-order valence-electron chi connectivity index (χ2n) is 5.07. The first-order valence-corrected chi connectivity index (χ1v) is 7.54. The maximum atomic E-state index is 5.78. The predicted octanol–water partition coefficient (Wildman–Crippen LogP) is 3.55. The Kier molecular flexibility index (Phi) is 9.29. The molecule has 1 atom stereocenters. The fraction of sp³-hybridized carbons (Fsp3) is 0.688. The number of rotatable bonds is 11. The monoisotopic (exact) mass is 264 g/mol. The number of hydrogen-bond donors (Lipinski definition) is 1. The number of hydrogen-bond acceptors (Lipinski definition) is 3. The minimum atomic E-state index is 0.386. The van der Waals surface area contributed by atoms with Crippen LogP contribution in [0.1, 0.15) is 51.5 Å². The van der Waals surface area contributed by atoms with E-state index in [9.17, 15) is 0 Å². The van der Waals surface area contributed by atoms with E-state index in [0.717, 1.165) is 19.7 Å². The molecule has 0 aliphatic heterocycles. The SMILES string of the molecule is CCCCCCC(C)OCCNCc1cccnc1. The Labute approximate surface area is 117 Å². The molecular formula is C16H28N2O. The van der Waals surface area contributed by atoms with E-state index >= 15 is 0 Å². The summed E-state index contributed by atoms with van der Waals surface area (Å²) in [5, 5.41) is 3.37. The number of nitrogens with one attached hydrogen (secondary N) is 1. The molecule has 0 spiro atoms. The summed E-state index contributed by atoms with van der Waals surface area (Å²) in [5.74, 6) is 0. The van der Waals surface area contributed by atoms with Crippen LogP contribution in [-0.2, 0) is 11.3 Å². The molecule has 0 aliphatic rings. The molecule has 1 rings (SSSR count). The average molecular weight is 264 g/mol. The summed E-state index contributed by atoms with van der Waals surface area (Å²) in [7, 11) is 0. The predicted molar refractivity (Wildman–Crippen MR) is 80.1 cm³/mol. The summed E-state index contributed by atoms with van der Waals surface area (Å²) in [4.78, 5) is 4.09. The van der Waals surface area contributed by atoms with Gasteiger partial charge < -0.3 is 10.1 Å². The lowest BCUT2D eigenvalue weighted by molar-refractivity contribution is 0.0603. The van der Waals surface area contributed by atoms with Gasteiger partial charge in [-0.25, -0.2) is 0 Å². The lowest BCUT2D eigenvalue weighted by Crippen LogP contribution is -2.21. The van der Waals surface area contributed by atoms with Gasteiger partial charge >= 0.3 is 0 Å². The first kappa shape index (κ1) is 16.1. The van der Waals surface area contributed by atoms with Crippen LogP contribution in [0, 0.1) is 0 Å². The zero-order valence-electron chi connectivity index (χ0n) is 12.4. The lowest BCUT2D eigenvalue weighted by Gasteiger charge is -2.13. The molecule has 1 unspecified atom stereocenters. The van der Waals surface area contributed by atoms with E-state index in [-0.39, 0.29) is 0 Å². The Morgan fingerprint density at radius 1 is 1.32 bits per heavy atom. The van der Waals surface area contributed by atoms with Gasteiger partial charge in [-0.1, -0.05) is 38.7 Å². The summed E-state index contributed by atoms with van der Waals surface area (Å²) in [6.45, 7) is 6.96. The molecule has 19 heavy (non-hydrogen) atoms. The zero-order valence-corrected chi connectivity index (χ0v) is 12.4. The summed E-state index contributed by atoms with van der Waals surface area (Å²) >= 11 is 0.